The number of likely N-dealkylation sites (tertiary alicyclic amines) is 1. The third kappa shape index (κ3) is 6.35. The molecule has 1 fully saturated rings. The van der Waals surface area contributed by atoms with Gasteiger partial charge in [-0.2, -0.15) is 18.3 Å². The standard InChI is InChI=1S/C28H32F3N5O2/c29-28(30,31)25-11-14-36(34-25)24-5-1-3-21(15-24)22(16-26(37)38)18-35-13-10-19(17-35)6-8-23-9-7-20-4-2-12-32-27(20)33-23/h1,3,5,7,9,11,14-15,19,22H,2,4,6,8,10,12-13,16-18H2,(H,32,33)(H,37,38)/t19-,22?/m1/s1. The number of anilines is 1. The first-order valence-electron chi connectivity index (χ1n) is 13.1. The van der Waals surface area contributed by atoms with Crippen molar-refractivity contribution in [2.45, 2.75) is 50.6 Å². The Labute approximate surface area is 219 Å². The number of nitrogens with zero attached hydrogens (tertiary/aromatic N) is 4. The van der Waals surface area contributed by atoms with E-state index in [0.29, 0.717) is 18.2 Å². The minimum atomic E-state index is -4.52. The van der Waals surface area contributed by atoms with Crippen LogP contribution in [0.15, 0.2) is 48.7 Å². The Balaban J connectivity index is 1.21. The molecule has 5 rings (SSSR count). The van der Waals surface area contributed by atoms with E-state index in [9.17, 15) is 23.1 Å². The zero-order valence-electron chi connectivity index (χ0n) is 21.1. The Bertz CT molecular complexity index is 1280. The van der Waals surface area contributed by atoms with Crippen molar-refractivity contribution in [3.05, 3.63) is 71.2 Å². The summed E-state index contributed by atoms with van der Waals surface area (Å²) < 4.78 is 40.2. The first kappa shape index (κ1) is 26.2. The Kier molecular flexibility index (Phi) is 7.69. The molecule has 2 aromatic heterocycles. The summed E-state index contributed by atoms with van der Waals surface area (Å²) in [4.78, 5) is 18.8. The van der Waals surface area contributed by atoms with Gasteiger partial charge in [-0.05, 0) is 80.0 Å². The summed E-state index contributed by atoms with van der Waals surface area (Å²) in [6.45, 7) is 3.35. The Morgan fingerprint density at radius 1 is 1.21 bits per heavy atom. The smallest absolute Gasteiger partial charge is 0.435 e. The zero-order valence-corrected chi connectivity index (χ0v) is 21.1. The molecule has 1 aromatic carbocycles. The summed E-state index contributed by atoms with van der Waals surface area (Å²) in [5.74, 6) is 0.353. The quantitative estimate of drug-likeness (QED) is 0.400. The topological polar surface area (TPSA) is 83.3 Å². The Hall–Kier alpha value is -3.40. The number of aromatic nitrogens is 3. The highest BCUT2D eigenvalue weighted by atomic mass is 19.4. The van der Waals surface area contributed by atoms with E-state index in [0.717, 1.165) is 74.9 Å². The lowest BCUT2D eigenvalue weighted by Crippen LogP contribution is -2.28. The number of nitrogens with one attached hydrogen (secondary N) is 1. The van der Waals surface area contributed by atoms with Gasteiger partial charge in [0, 0.05) is 37.4 Å². The fourth-order valence-corrected chi connectivity index (χ4v) is 5.52. The van der Waals surface area contributed by atoms with Crippen LogP contribution in [0.5, 0.6) is 0 Å². The van der Waals surface area contributed by atoms with Gasteiger partial charge in [0.25, 0.3) is 0 Å². The van der Waals surface area contributed by atoms with Crippen molar-refractivity contribution in [2.75, 3.05) is 31.5 Å². The number of fused-ring (bicyclic) bond motifs is 1. The molecule has 2 atom stereocenters. The van der Waals surface area contributed by atoms with E-state index in [2.05, 4.69) is 27.4 Å². The first-order chi connectivity index (χ1) is 18.2. The normalized spacial score (nSPS) is 18.7. The second-order valence-corrected chi connectivity index (χ2v) is 10.3. The monoisotopic (exact) mass is 527 g/mol. The van der Waals surface area contributed by atoms with Gasteiger partial charge < -0.3 is 15.3 Å². The largest absolute Gasteiger partial charge is 0.481 e. The van der Waals surface area contributed by atoms with Crippen molar-refractivity contribution in [2.24, 2.45) is 5.92 Å². The fourth-order valence-electron chi connectivity index (χ4n) is 5.52. The van der Waals surface area contributed by atoms with E-state index < -0.39 is 17.8 Å². The SMILES string of the molecule is O=C(O)CC(CN1CC[C@@H](CCc2ccc3c(n2)NCCC3)C1)c1cccc(-n2ccc(C(F)(F)F)n2)c1. The van der Waals surface area contributed by atoms with Crippen molar-refractivity contribution < 1.29 is 23.1 Å². The van der Waals surface area contributed by atoms with Crippen LogP contribution in [0.2, 0.25) is 0 Å². The summed E-state index contributed by atoms with van der Waals surface area (Å²) in [5, 5.41) is 16.6. The van der Waals surface area contributed by atoms with Crippen molar-refractivity contribution in [3.8, 4) is 5.69 Å². The molecule has 2 N–H and O–H groups in total. The maximum Gasteiger partial charge on any atom is 0.435 e. The van der Waals surface area contributed by atoms with E-state index in [1.807, 2.05) is 6.07 Å². The third-order valence-electron chi connectivity index (χ3n) is 7.52. The van der Waals surface area contributed by atoms with Crippen LogP contribution in [0, 0.1) is 5.92 Å². The number of hydrogen-bond acceptors (Lipinski definition) is 5. The van der Waals surface area contributed by atoms with E-state index in [4.69, 9.17) is 4.98 Å². The van der Waals surface area contributed by atoms with Gasteiger partial charge in [-0.1, -0.05) is 18.2 Å². The van der Waals surface area contributed by atoms with Crippen LogP contribution in [-0.4, -0.2) is 56.9 Å². The van der Waals surface area contributed by atoms with Crippen LogP contribution in [0.3, 0.4) is 0 Å². The predicted molar refractivity (Wildman–Crippen MR) is 137 cm³/mol. The van der Waals surface area contributed by atoms with Crippen molar-refractivity contribution >= 4 is 11.8 Å². The minimum absolute atomic E-state index is 0.0520. The molecule has 0 bridgehead atoms. The van der Waals surface area contributed by atoms with Crippen LogP contribution >= 0.6 is 0 Å². The van der Waals surface area contributed by atoms with E-state index in [1.165, 1.54) is 16.4 Å². The number of halogens is 3. The summed E-state index contributed by atoms with van der Waals surface area (Å²) in [6, 6.07) is 12.2. The maximum absolute atomic E-state index is 13.0. The molecular formula is C28H32F3N5O2. The minimum Gasteiger partial charge on any atom is -0.481 e. The molecule has 0 radical (unpaired) electrons. The molecular weight excluding hydrogens is 495 g/mol. The molecule has 0 spiro atoms. The summed E-state index contributed by atoms with van der Waals surface area (Å²) in [6.07, 6.45) is 1.91. The number of carboxylic acid groups (broad SMARTS) is 1. The maximum atomic E-state index is 13.0. The fraction of sp³-hybridized carbons (Fsp3) is 0.464. The Morgan fingerprint density at radius 2 is 2.08 bits per heavy atom. The number of hydrogen-bond donors (Lipinski definition) is 2. The molecule has 2 aliphatic rings. The molecule has 3 aromatic rings. The van der Waals surface area contributed by atoms with E-state index in [-0.39, 0.29) is 12.3 Å². The third-order valence-corrected chi connectivity index (χ3v) is 7.52. The Morgan fingerprint density at radius 3 is 2.87 bits per heavy atom. The lowest BCUT2D eigenvalue weighted by Gasteiger charge is -2.24. The first-order valence-corrected chi connectivity index (χ1v) is 13.1. The van der Waals surface area contributed by atoms with Gasteiger partial charge in [-0.25, -0.2) is 9.67 Å². The number of carbonyl (C=O) groups is 1. The molecule has 202 valence electrons. The number of benzene rings is 1. The van der Waals surface area contributed by atoms with E-state index >= 15 is 0 Å². The molecule has 0 amide bonds. The predicted octanol–water partition coefficient (Wildman–Crippen LogP) is 5.16. The summed E-state index contributed by atoms with van der Waals surface area (Å²) in [7, 11) is 0. The number of aliphatic carboxylic acids is 1. The summed E-state index contributed by atoms with van der Waals surface area (Å²) >= 11 is 0. The van der Waals surface area contributed by atoms with Crippen LogP contribution in [0.25, 0.3) is 5.69 Å². The van der Waals surface area contributed by atoms with Gasteiger partial charge in [0.1, 0.15) is 5.82 Å². The van der Waals surface area contributed by atoms with Crippen LogP contribution in [0.1, 0.15) is 54.1 Å². The lowest BCUT2D eigenvalue weighted by atomic mass is 9.94. The highest BCUT2D eigenvalue weighted by Gasteiger charge is 2.34. The number of aryl methyl sites for hydroxylation is 2. The molecule has 1 saturated heterocycles. The number of alkyl halides is 3. The highest BCUT2D eigenvalue weighted by Crippen LogP contribution is 2.30. The van der Waals surface area contributed by atoms with Crippen LogP contribution < -0.4 is 5.32 Å². The van der Waals surface area contributed by atoms with Gasteiger partial charge in [0.2, 0.25) is 0 Å². The second kappa shape index (κ2) is 11.1. The molecule has 0 saturated carbocycles. The van der Waals surface area contributed by atoms with Gasteiger partial charge in [-0.3, -0.25) is 4.79 Å². The number of rotatable bonds is 9. The average molecular weight is 528 g/mol. The molecule has 7 nitrogen and oxygen atoms in total. The average Bonchev–Trinajstić information content (AvgIpc) is 3.57. The highest BCUT2D eigenvalue weighted by molar-refractivity contribution is 5.68. The molecule has 1 unspecified atom stereocenters. The molecule has 0 aliphatic carbocycles. The molecule has 2 aliphatic heterocycles. The molecule has 10 heteroatoms. The molecule has 4 heterocycles. The van der Waals surface area contributed by atoms with Crippen molar-refractivity contribution in [3.63, 3.8) is 0 Å². The van der Waals surface area contributed by atoms with Gasteiger partial charge in [0.15, 0.2) is 5.69 Å². The zero-order chi connectivity index (χ0) is 26.7. The van der Waals surface area contributed by atoms with Gasteiger partial charge >= 0.3 is 12.1 Å². The van der Waals surface area contributed by atoms with Crippen LogP contribution in [0.4, 0.5) is 19.0 Å². The van der Waals surface area contributed by atoms with Crippen LogP contribution in [-0.2, 0) is 23.8 Å². The van der Waals surface area contributed by atoms with Crippen molar-refractivity contribution in [1.82, 2.24) is 19.7 Å². The van der Waals surface area contributed by atoms with Gasteiger partial charge in [0.05, 0.1) is 12.1 Å². The number of carboxylic acids is 1. The summed E-state index contributed by atoms with van der Waals surface area (Å²) in [5.41, 5.74) is 2.68. The second-order valence-electron chi connectivity index (χ2n) is 10.3. The number of pyridine rings is 1. The van der Waals surface area contributed by atoms with Gasteiger partial charge in [-0.15, -0.1) is 0 Å². The lowest BCUT2D eigenvalue weighted by molar-refractivity contribution is -0.141. The molecule has 38 heavy (non-hydrogen) atoms. The van der Waals surface area contributed by atoms with Crippen molar-refractivity contribution in [1.29, 1.82) is 0 Å². The van der Waals surface area contributed by atoms with E-state index in [1.54, 1.807) is 18.2 Å².